The van der Waals surface area contributed by atoms with Gasteiger partial charge in [-0.3, -0.25) is 9.59 Å². The van der Waals surface area contributed by atoms with E-state index in [0.29, 0.717) is 17.2 Å². The van der Waals surface area contributed by atoms with E-state index < -0.39 is 17.8 Å². The molecule has 3 aromatic rings. The maximum Gasteiger partial charge on any atom is 0.257 e. The predicted molar refractivity (Wildman–Crippen MR) is 119 cm³/mol. The molecule has 0 fully saturated rings. The van der Waals surface area contributed by atoms with Crippen LogP contribution in [0.5, 0.6) is 17.2 Å². The molecule has 0 saturated heterocycles. The van der Waals surface area contributed by atoms with E-state index >= 15 is 0 Å². The van der Waals surface area contributed by atoms with Crippen molar-refractivity contribution in [2.45, 2.75) is 0 Å². The van der Waals surface area contributed by atoms with Gasteiger partial charge in [0.1, 0.15) is 0 Å². The van der Waals surface area contributed by atoms with E-state index in [9.17, 15) is 19.5 Å². The summed E-state index contributed by atoms with van der Waals surface area (Å²) in [5.74, 6) is -1.44. The fraction of sp³-hybridized carbons (Fsp3) is 0.125. The highest BCUT2D eigenvalue weighted by atomic mass is 16.5. The van der Waals surface area contributed by atoms with Crippen molar-refractivity contribution in [1.82, 2.24) is 0 Å². The van der Waals surface area contributed by atoms with Gasteiger partial charge in [-0.05, 0) is 42.0 Å². The Morgan fingerprint density at radius 1 is 0.727 bits per heavy atom. The van der Waals surface area contributed by atoms with Crippen molar-refractivity contribution in [1.29, 1.82) is 0 Å². The van der Waals surface area contributed by atoms with Crippen LogP contribution in [0.1, 0.15) is 31.1 Å². The molecule has 3 aromatic carbocycles. The van der Waals surface area contributed by atoms with Gasteiger partial charge >= 0.3 is 0 Å². The molecule has 170 valence electrons. The summed E-state index contributed by atoms with van der Waals surface area (Å²) in [5, 5.41) is 16.4. The molecular formula is C24H21N2O7-. The number of hydrogen-bond donors (Lipinski definition) is 2. The van der Waals surface area contributed by atoms with E-state index in [-0.39, 0.29) is 28.1 Å². The molecule has 0 aliphatic heterocycles. The lowest BCUT2D eigenvalue weighted by Gasteiger charge is -2.15. The highest BCUT2D eigenvalue weighted by Crippen LogP contribution is 2.38. The van der Waals surface area contributed by atoms with Crippen LogP contribution in [-0.4, -0.2) is 39.1 Å². The molecule has 0 aliphatic carbocycles. The molecule has 0 bridgehead atoms. The summed E-state index contributed by atoms with van der Waals surface area (Å²) < 4.78 is 15.8. The maximum absolute atomic E-state index is 12.9. The standard InChI is InChI=1S/C24H22N2O7/c1-31-19-12-15(13-20(32-2)21(19)33-3)22(27)26-18-10-5-4-9-17(18)23(28)25-16-8-6-7-14(11-16)24(29)30/h4-13H,1-3H3,(H,25,28)(H,26,27)(H,29,30)/p-1. The number of methoxy groups -OCH3 is 3. The number of carbonyl (C=O) groups excluding carboxylic acids is 3. The number of benzene rings is 3. The number of amides is 2. The molecule has 0 radical (unpaired) electrons. The van der Waals surface area contributed by atoms with Gasteiger partial charge in [-0.1, -0.05) is 24.3 Å². The van der Waals surface area contributed by atoms with E-state index in [0.717, 1.165) is 0 Å². The van der Waals surface area contributed by atoms with Gasteiger partial charge in [-0.2, -0.15) is 0 Å². The number of carbonyl (C=O) groups is 3. The molecule has 2 amide bonds. The SMILES string of the molecule is COc1cc(C(=O)Nc2ccccc2C(=O)Nc2cccc(C(=O)[O-])c2)cc(OC)c1OC. The molecule has 0 unspecified atom stereocenters. The van der Waals surface area contributed by atoms with Gasteiger partial charge in [0, 0.05) is 11.3 Å². The Kier molecular flexibility index (Phi) is 7.14. The molecule has 0 atom stereocenters. The van der Waals surface area contributed by atoms with Crippen molar-refractivity contribution in [2.75, 3.05) is 32.0 Å². The quantitative estimate of drug-likeness (QED) is 0.541. The molecule has 0 spiro atoms. The summed E-state index contributed by atoms with van der Waals surface area (Å²) in [6, 6.07) is 15.1. The third-order valence-corrected chi connectivity index (χ3v) is 4.70. The van der Waals surface area contributed by atoms with E-state index in [1.807, 2.05) is 0 Å². The minimum absolute atomic E-state index is 0.0724. The van der Waals surface area contributed by atoms with Crippen molar-refractivity contribution in [3.8, 4) is 17.2 Å². The first-order valence-corrected chi connectivity index (χ1v) is 9.71. The zero-order valence-electron chi connectivity index (χ0n) is 18.1. The van der Waals surface area contributed by atoms with Gasteiger partial charge in [0.15, 0.2) is 11.5 Å². The molecule has 0 saturated carbocycles. The van der Waals surface area contributed by atoms with Gasteiger partial charge in [-0.15, -0.1) is 0 Å². The molecule has 2 N–H and O–H groups in total. The Bertz CT molecular complexity index is 1180. The number of carboxylic acid groups (broad SMARTS) is 1. The second-order valence-electron chi connectivity index (χ2n) is 6.74. The summed E-state index contributed by atoms with van der Waals surface area (Å²) in [6.07, 6.45) is 0. The number of carboxylic acids is 1. The minimum atomic E-state index is -1.36. The van der Waals surface area contributed by atoms with Crippen molar-refractivity contribution < 1.29 is 33.7 Å². The molecule has 9 heteroatoms. The second kappa shape index (κ2) is 10.2. The van der Waals surface area contributed by atoms with Crippen LogP contribution < -0.4 is 30.0 Å². The van der Waals surface area contributed by atoms with Crippen molar-refractivity contribution >= 4 is 29.2 Å². The monoisotopic (exact) mass is 449 g/mol. The van der Waals surface area contributed by atoms with Crippen LogP contribution in [-0.2, 0) is 0 Å². The molecular weight excluding hydrogens is 428 g/mol. The lowest BCUT2D eigenvalue weighted by Crippen LogP contribution is -2.22. The normalized spacial score (nSPS) is 10.2. The van der Waals surface area contributed by atoms with Crippen LogP contribution >= 0.6 is 0 Å². The fourth-order valence-electron chi connectivity index (χ4n) is 3.12. The lowest BCUT2D eigenvalue weighted by atomic mass is 10.1. The summed E-state index contributed by atoms with van der Waals surface area (Å²) in [5.41, 5.74) is 0.854. The van der Waals surface area contributed by atoms with E-state index in [1.54, 1.807) is 24.3 Å². The highest BCUT2D eigenvalue weighted by Gasteiger charge is 2.19. The van der Waals surface area contributed by atoms with Crippen LogP contribution in [0.3, 0.4) is 0 Å². The summed E-state index contributed by atoms with van der Waals surface area (Å²) in [7, 11) is 4.33. The van der Waals surface area contributed by atoms with Gasteiger partial charge in [-0.25, -0.2) is 0 Å². The number of ether oxygens (including phenoxy) is 3. The van der Waals surface area contributed by atoms with Gasteiger partial charge in [0.25, 0.3) is 11.8 Å². The number of anilines is 2. The number of hydrogen-bond acceptors (Lipinski definition) is 7. The van der Waals surface area contributed by atoms with Crippen LogP contribution in [0.25, 0.3) is 0 Å². The molecule has 0 heterocycles. The van der Waals surface area contributed by atoms with E-state index in [2.05, 4.69) is 10.6 Å². The largest absolute Gasteiger partial charge is 0.545 e. The smallest absolute Gasteiger partial charge is 0.257 e. The van der Waals surface area contributed by atoms with Crippen molar-refractivity contribution in [3.05, 3.63) is 77.4 Å². The summed E-state index contributed by atoms with van der Waals surface area (Å²) >= 11 is 0. The number of rotatable bonds is 8. The highest BCUT2D eigenvalue weighted by molar-refractivity contribution is 6.13. The van der Waals surface area contributed by atoms with Gasteiger partial charge < -0.3 is 34.7 Å². The van der Waals surface area contributed by atoms with E-state index in [4.69, 9.17) is 14.2 Å². The number of nitrogens with one attached hydrogen (secondary N) is 2. The van der Waals surface area contributed by atoms with Crippen molar-refractivity contribution in [2.24, 2.45) is 0 Å². The molecule has 9 nitrogen and oxygen atoms in total. The molecule has 0 aliphatic rings. The first kappa shape index (κ1) is 23.1. The third kappa shape index (κ3) is 5.21. The van der Waals surface area contributed by atoms with Crippen LogP contribution in [0, 0.1) is 0 Å². The molecule has 33 heavy (non-hydrogen) atoms. The fourth-order valence-corrected chi connectivity index (χ4v) is 3.12. The maximum atomic E-state index is 12.9. The summed E-state index contributed by atoms with van der Waals surface area (Å²) in [4.78, 5) is 36.8. The Morgan fingerprint density at radius 3 is 2.00 bits per heavy atom. The second-order valence-corrected chi connectivity index (χ2v) is 6.74. The molecule has 3 rings (SSSR count). The minimum Gasteiger partial charge on any atom is -0.545 e. The van der Waals surface area contributed by atoms with Gasteiger partial charge in [0.2, 0.25) is 5.75 Å². The topological polar surface area (TPSA) is 126 Å². The number of para-hydroxylation sites is 1. The van der Waals surface area contributed by atoms with Gasteiger partial charge in [0.05, 0.1) is 38.5 Å². The zero-order valence-corrected chi connectivity index (χ0v) is 18.1. The third-order valence-electron chi connectivity index (χ3n) is 4.70. The average molecular weight is 449 g/mol. The van der Waals surface area contributed by atoms with Crippen LogP contribution in [0.15, 0.2) is 60.7 Å². The Balaban J connectivity index is 1.86. The Morgan fingerprint density at radius 2 is 1.39 bits per heavy atom. The Labute approximate surface area is 189 Å². The lowest BCUT2D eigenvalue weighted by molar-refractivity contribution is -0.255. The van der Waals surface area contributed by atoms with Crippen LogP contribution in [0.4, 0.5) is 11.4 Å². The predicted octanol–water partition coefficient (Wildman–Crippen LogP) is 2.58. The Hall–Kier alpha value is -4.53. The average Bonchev–Trinajstić information content (AvgIpc) is 2.83. The van der Waals surface area contributed by atoms with E-state index in [1.165, 1.54) is 57.7 Å². The van der Waals surface area contributed by atoms with Crippen molar-refractivity contribution in [3.63, 3.8) is 0 Å². The summed E-state index contributed by atoms with van der Waals surface area (Å²) in [6.45, 7) is 0. The first-order chi connectivity index (χ1) is 15.9. The number of aromatic carboxylic acids is 1. The molecule has 0 aromatic heterocycles. The first-order valence-electron chi connectivity index (χ1n) is 9.71. The van der Waals surface area contributed by atoms with Crippen LogP contribution in [0.2, 0.25) is 0 Å². The zero-order chi connectivity index (χ0) is 24.0.